The highest BCUT2D eigenvalue weighted by Gasteiger charge is 2.34. The molecule has 1 saturated heterocycles. The van der Waals surface area contributed by atoms with E-state index in [1.807, 2.05) is 61.7 Å². The predicted octanol–water partition coefficient (Wildman–Crippen LogP) is 5.14. The zero-order chi connectivity index (χ0) is 19.5. The molecule has 0 radical (unpaired) electrons. The van der Waals surface area contributed by atoms with E-state index in [1.54, 1.807) is 16.7 Å². The van der Waals surface area contributed by atoms with Crippen LogP contribution >= 0.6 is 11.8 Å². The van der Waals surface area contributed by atoms with Crippen molar-refractivity contribution in [3.05, 3.63) is 60.0 Å². The molecule has 7 heteroatoms. The molecule has 2 amide bonds. The van der Waals surface area contributed by atoms with Gasteiger partial charge in [0.2, 0.25) is 11.7 Å². The largest absolute Gasteiger partial charge is 0.337 e. The summed E-state index contributed by atoms with van der Waals surface area (Å²) in [7, 11) is 0. The van der Waals surface area contributed by atoms with Gasteiger partial charge >= 0.3 is 6.03 Å². The van der Waals surface area contributed by atoms with Crippen LogP contribution in [-0.2, 0) is 0 Å². The van der Waals surface area contributed by atoms with Crippen molar-refractivity contribution in [1.29, 1.82) is 0 Å². The number of hydrogen-bond acceptors (Lipinski definition) is 5. The Labute approximate surface area is 168 Å². The van der Waals surface area contributed by atoms with E-state index in [0.29, 0.717) is 18.3 Å². The molecule has 2 aromatic carbocycles. The Hall–Kier alpha value is -2.80. The van der Waals surface area contributed by atoms with E-state index in [0.717, 1.165) is 29.0 Å². The topological polar surface area (TPSA) is 71.3 Å². The molecule has 1 fully saturated rings. The predicted molar refractivity (Wildman–Crippen MR) is 110 cm³/mol. The van der Waals surface area contributed by atoms with Crippen LogP contribution in [0.5, 0.6) is 0 Å². The molecule has 2 heterocycles. The van der Waals surface area contributed by atoms with Crippen molar-refractivity contribution in [2.75, 3.05) is 18.1 Å². The van der Waals surface area contributed by atoms with Crippen molar-refractivity contribution in [3.8, 4) is 11.4 Å². The molecule has 0 saturated carbocycles. The van der Waals surface area contributed by atoms with Gasteiger partial charge in [-0.15, -0.1) is 11.8 Å². The zero-order valence-electron chi connectivity index (χ0n) is 15.9. The quantitative estimate of drug-likeness (QED) is 0.621. The number of aromatic nitrogens is 2. The summed E-state index contributed by atoms with van der Waals surface area (Å²) in [4.78, 5) is 20.3. The summed E-state index contributed by atoms with van der Waals surface area (Å²) in [5, 5.41) is 7.08. The molecule has 1 atom stereocenters. The Morgan fingerprint density at radius 2 is 1.93 bits per heavy atom. The van der Waals surface area contributed by atoms with Crippen molar-refractivity contribution >= 4 is 23.5 Å². The van der Waals surface area contributed by atoms with Crippen LogP contribution in [0.15, 0.2) is 57.9 Å². The fraction of sp³-hybridized carbons (Fsp3) is 0.286. The first kappa shape index (κ1) is 18.6. The van der Waals surface area contributed by atoms with Crippen LogP contribution < -0.4 is 5.32 Å². The smallest absolute Gasteiger partial charge is 0.322 e. The van der Waals surface area contributed by atoms with Gasteiger partial charge in [-0.3, -0.25) is 0 Å². The molecule has 1 N–H and O–H groups in total. The maximum absolute atomic E-state index is 12.8. The van der Waals surface area contributed by atoms with Gasteiger partial charge in [-0.1, -0.05) is 35.0 Å². The zero-order valence-corrected chi connectivity index (χ0v) is 16.7. The van der Waals surface area contributed by atoms with Gasteiger partial charge < -0.3 is 14.7 Å². The Morgan fingerprint density at radius 1 is 1.18 bits per heavy atom. The van der Waals surface area contributed by atoms with Crippen molar-refractivity contribution < 1.29 is 9.32 Å². The molecule has 1 aliphatic rings. The summed E-state index contributed by atoms with van der Waals surface area (Å²) in [6.07, 6.45) is 3.75. The molecular weight excluding hydrogens is 372 g/mol. The molecule has 6 nitrogen and oxygen atoms in total. The minimum Gasteiger partial charge on any atom is -0.337 e. The van der Waals surface area contributed by atoms with E-state index in [4.69, 9.17) is 4.52 Å². The fourth-order valence-corrected chi connectivity index (χ4v) is 3.73. The van der Waals surface area contributed by atoms with E-state index in [2.05, 4.69) is 15.5 Å². The lowest BCUT2D eigenvalue weighted by Crippen LogP contribution is -2.34. The van der Waals surface area contributed by atoms with Crippen LogP contribution in [0.1, 0.15) is 30.3 Å². The molecular formula is C21H22N4O2S. The highest BCUT2D eigenvalue weighted by molar-refractivity contribution is 7.98. The van der Waals surface area contributed by atoms with Crippen molar-refractivity contribution in [2.45, 2.75) is 30.7 Å². The number of anilines is 1. The number of hydrogen-bond donors (Lipinski definition) is 1. The number of rotatable bonds is 4. The molecule has 1 aromatic heterocycles. The maximum Gasteiger partial charge on any atom is 0.322 e. The van der Waals surface area contributed by atoms with Crippen molar-refractivity contribution in [1.82, 2.24) is 15.0 Å². The number of aryl methyl sites for hydroxylation is 1. The maximum atomic E-state index is 12.8. The number of carbonyl (C=O) groups excluding carboxylic acids is 1. The normalized spacial score (nSPS) is 16.4. The van der Waals surface area contributed by atoms with Gasteiger partial charge in [0.25, 0.3) is 0 Å². The Morgan fingerprint density at radius 3 is 2.64 bits per heavy atom. The van der Waals surface area contributed by atoms with E-state index in [-0.39, 0.29) is 12.1 Å². The van der Waals surface area contributed by atoms with Crippen LogP contribution in [-0.4, -0.2) is 33.9 Å². The van der Waals surface area contributed by atoms with Gasteiger partial charge in [0.05, 0.1) is 0 Å². The van der Waals surface area contributed by atoms with Gasteiger partial charge in [-0.2, -0.15) is 4.98 Å². The third kappa shape index (κ3) is 3.89. The first-order chi connectivity index (χ1) is 13.6. The summed E-state index contributed by atoms with van der Waals surface area (Å²) in [6, 6.07) is 15.5. The van der Waals surface area contributed by atoms with Crippen LogP contribution in [0.4, 0.5) is 10.5 Å². The van der Waals surface area contributed by atoms with Crippen LogP contribution in [0, 0.1) is 6.92 Å². The average Bonchev–Trinajstić information content (AvgIpc) is 3.38. The third-order valence-corrected chi connectivity index (χ3v) is 5.64. The van der Waals surface area contributed by atoms with Gasteiger partial charge in [0.1, 0.15) is 6.04 Å². The van der Waals surface area contributed by atoms with E-state index in [9.17, 15) is 4.79 Å². The Balaban J connectivity index is 1.48. The van der Waals surface area contributed by atoms with Gasteiger partial charge in [-0.05, 0) is 50.3 Å². The molecule has 28 heavy (non-hydrogen) atoms. The van der Waals surface area contributed by atoms with E-state index >= 15 is 0 Å². The van der Waals surface area contributed by atoms with Crippen LogP contribution in [0.3, 0.4) is 0 Å². The second-order valence-corrected chi connectivity index (χ2v) is 7.71. The van der Waals surface area contributed by atoms with E-state index in [1.165, 1.54) is 5.56 Å². The molecule has 4 rings (SSSR count). The van der Waals surface area contributed by atoms with Gasteiger partial charge in [-0.25, -0.2) is 4.79 Å². The van der Waals surface area contributed by atoms with Gasteiger partial charge in [0.15, 0.2) is 0 Å². The van der Waals surface area contributed by atoms with Crippen molar-refractivity contribution in [2.24, 2.45) is 0 Å². The third-order valence-electron chi connectivity index (χ3n) is 4.89. The lowest BCUT2D eigenvalue weighted by molar-refractivity contribution is 0.193. The summed E-state index contributed by atoms with van der Waals surface area (Å²) in [5.41, 5.74) is 2.86. The first-order valence-electron chi connectivity index (χ1n) is 9.26. The molecule has 0 aliphatic carbocycles. The summed E-state index contributed by atoms with van der Waals surface area (Å²) in [6.45, 7) is 2.71. The minimum atomic E-state index is -0.197. The highest BCUT2D eigenvalue weighted by atomic mass is 32.2. The summed E-state index contributed by atoms with van der Waals surface area (Å²) < 4.78 is 5.51. The molecule has 3 aromatic rings. The van der Waals surface area contributed by atoms with Crippen molar-refractivity contribution in [3.63, 3.8) is 0 Å². The standard InChI is InChI=1S/C21H22N4O2S/c1-14-5-7-15(8-6-14)19-23-20(27-24-19)18-4-3-13-25(18)21(26)22-16-9-11-17(28-2)12-10-16/h5-12,18H,3-4,13H2,1-2H3,(H,22,26). The molecule has 1 unspecified atom stereocenters. The number of amides is 2. The number of urea groups is 1. The Bertz CT molecular complexity index is 953. The van der Waals surface area contributed by atoms with E-state index < -0.39 is 0 Å². The molecule has 1 aliphatic heterocycles. The number of likely N-dealkylation sites (tertiary alicyclic amines) is 1. The SMILES string of the molecule is CSc1ccc(NC(=O)N2CCCC2c2nc(-c3ccc(C)cc3)no2)cc1. The second kappa shape index (κ2) is 8.06. The lowest BCUT2D eigenvalue weighted by atomic mass is 10.1. The first-order valence-corrected chi connectivity index (χ1v) is 10.5. The minimum absolute atomic E-state index is 0.144. The number of carbonyl (C=O) groups is 1. The second-order valence-electron chi connectivity index (χ2n) is 6.83. The average molecular weight is 395 g/mol. The highest BCUT2D eigenvalue weighted by Crippen LogP contribution is 2.32. The lowest BCUT2D eigenvalue weighted by Gasteiger charge is -2.22. The number of thioether (sulfide) groups is 1. The van der Waals surface area contributed by atoms with Crippen LogP contribution in [0.2, 0.25) is 0 Å². The summed E-state index contributed by atoms with van der Waals surface area (Å²) in [5.74, 6) is 1.04. The van der Waals surface area contributed by atoms with Crippen LogP contribution in [0.25, 0.3) is 11.4 Å². The molecule has 0 spiro atoms. The number of nitrogens with one attached hydrogen (secondary N) is 1. The van der Waals surface area contributed by atoms with Gasteiger partial charge in [0, 0.05) is 22.7 Å². The summed E-state index contributed by atoms with van der Waals surface area (Å²) >= 11 is 1.67. The number of nitrogens with zero attached hydrogens (tertiary/aromatic N) is 3. The fourth-order valence-electron chi connectivity index (χ4n) is 3.33. The number of benzene rings is 2. The molecule has 0 bridgehead atoms. The monoisotopic (exact) mass is 394 g/mol. The Kier molecular flexibility index (Phi) is 5.34. The molecule has 144 valence electrons.